The topological polar surface area (TPSA) is 201 Å². The summed E-state index contributed by atoms with van der Waals surface area (Å²) in [5.41, 5.74) is 2.57. The normalized spacial score (nSPS) is 26.8. The van der Waals surface area contributed by atoms with Crippen molar-refractivity contribution in [2.45, 2.75) is 81.3 Å². The second-order valence-electron chi connectivity index (χ2n) is 11.9. The number of benzene rings is 2. The summed E-state index contributed by atoms with van der Waals surface area (Å²) in [6.45, 7) is 0.911. The number of carbonyl (C=O) groups excluding carboxylic acids is 1. The molecule has 7 atom stereocenters. The predicted octanol–water partition coefficient (Wildman–Crippen LogP) is 1.48. The van der Waals surface area contributed by atoms with Crippen LogP contribution in [0.3, 0.4) is 0 Å². The minimum Gasteiger partial charge on any atom is -0.492 e. The van der Waals surface area contributed by atoms with Crippen molar-refractivity contribution in [1.82, 2.24) is 5.32 Å². The molecule has 5 N–H and O–H groups in total. The second-order valence-corrected chi connectivity index (χ2v) is 11.9. The number of unbranched alkanes of at least 4 members (excludes halogenated alkanes) is 3. The molecule has 6 rings (SSSR count). The second kappa shape index (κ2) is 14.5. The SMILES string of the molecule is CNCCCCCCc1cc(OO[C@H]2[C@@H](O)[C@H](O)[C@@H](COC(=O)CC(=O)O)O[C@H]2O)cc2c1OC[C@H]1c3cc4c(cc3O[C@H]21)OCO4. The van der Waals surface area contributed by atoms with Gasteiger partial charge in [0.25, 0.3) is 0 Å². The average molecular weight is 662 g/mol. The summed E-state index contributed by atoms with van der Waals surface area (Å²) in [5.74, 6) is 0.331. The number of aliphatic carboxylic acids is 1. The number of hydrogen-bond donors (Lipinski definition) is 5. The van der Waals surface area contributed by atoms with Gasteiger partial charge < -0.3 is 59.1 Å². The molecule has 0 spiro atoms. The first-order chi connectivity index (χ1) is 22.7. The van der Waals surface area contributed by atoms with Gasteiger partial charge in [0.15, 0.2) is 29.6 Å². The number of hydrogen-bond acceptors (Lipinski definition) is 14. The Bertz CT molecular complexity index is 1450. The summed E-state index contributed by atoms with van der Waals surface area (Å²) in [6, 6.07) is 7.24. The number of esters is 1. The Balaban J connectivity index is 1.17. The number of aryl methyl sites for hydroxylation is 1. The van der Waals surface area contributed by atoms with Crippen LogP contribution in [0.25, 0.3) is 0 Å². The molecule has 47 heavy (non-hydrogen) atoms. The molecule has 256 valence electrons. The number of fused-ring (bicyclic) bond motifs is 6. The maximum atomic E-state index is 11.6. The van der Waals surface area contributed by atoms with Gasteiger partial charge in [-0.2, -0.15) is 4.89 Å². The maximum absolute atomic E-state index is 11.6. The van der Waals surface area contributed by atoms with Crippen LogP contribution in [-0.4, -0.2) is 96.7 Å². The van der Waals surface area contributed by atoms with Crippen molar-refractivity contribution in [3.63, 3.8) is 0 Å². The van der Waals surface area contributed by atoms with Gasteiger partial charge in [0.1, 0.15) is 48.9 Å². The van der Waals surface area contributed by atoms with E-state index >= 15 is 0 Å². The summed E-state index contributed by atoms with van der Waals surface area (Å²) < 4.78 is 34.0. The van der Waals surface area contributed by atoms with Crippen molar-refractivity contribution in [2.75, 3.05) is 33.6 Å². The van der Waals surface area contributed by atoms with E-state index in [2.05, 4.69) is 5.32 Å². The lowest BCUT2D eigenvalue weighted by atomic mass is 9.87. The highest BCUT2D eigenvalue weighted by molar-refractivity contribution is 5.90. The van der Waals surface area contributed by atoms with Crippen molar-refractivity contribution in [2.24, 2.45) is 0 Å². The minimum atomic E-state index is -1.78. The standard InChI is InChI=1S/C32H39NO14/c1-33-7-5-3-2-4-6-16-8-17(46-47-31-28(38)27(37)24(45-32(31)39)14-40-26(36)12-25(34)35)9-19-29(16)41-13-20-18-10-22-23(43-15-42-22)11-21(18)44-30(19)20/h8-11,20,24,27-28,30-33,37-39H,2-7,12-15H2,1H3,(H,34,35)/t20-,24+,27+,28-,30+,31-,32+/m0/s1. The number of nitrogens with one attached hydrogen (secondary N) is 1. The summed E-state index contributed by atoms with van der Waals surface area (Å²) in [4.78, 5) is 33.4. The number of aliphatic hydroxyl groups excluding tert-OH is 3. The number of aliphatic hydroxyl groups is 3. The Kier molecular flexibility index (Phi) is 10.2. The highest BCUT2D eigenvalue weighted by Gasteiger charge is 2.47. The van der Waals surface area contributed by atoms with Gasteiger partial charge in [-0.1, -0.05) is 12.8 Å². The molecular weight excluding hydrogens is 622 g/mol. The van der Waals surface area contributed by atoms with Crippen LogP contribution < -0.4 is 29.2 Å². The van der Waals surface area contributed by atoms with Gasteiger partial charge >= 0.3 is 11.9 Å². The Morgan fingerprint density at radius 3 is 2.51 bits per heavy atom. The van der Waals surface area contributed by atoms with Crippen LogP contribution in [0.1, 0.15) is 60.8 Å². The third kappa shape index (κ3) is 7.20. The molecule has 2 aromatic carbocycles. The number of carboxylic acids is 1. The molecule has 0 aromatic heterocycles. The molecule has 4 aliphatic rings. The zero-order chi connectivity index (χ0) is 33.1. The molecule has 15 nitrogen and oxygen atoms in total. The molecule has 15 heteroatoms. The van der Waals surface area contributed by atoms with Gasteiger partial charge in [0, 0.05) is 17.2 Å². The number of carboxylic acid groups (broad SMARTS) is 1. The van der Waals surface area contributed by atoms with Crippen LogP contribution in [0.4, 0.5) is 0 Å². The van der Waals surface area contributed by atoms with E-state index in [1.54, 1.807) is 12.1 Å². The van der Waals surface area contributed by atoms with Crippen LogP contribution in [0.5, 0.6) is 28.7 Å². The lowest BCUT2D eigenvalue weighted by Gasteiger charge is -2.39. The molecule has 0 saturated carbocycles. The molecule has 4 aliphatic heterocycles. The minimum absolute atomic E-state index is 0.121. The van der Waals surface area contributed by atoms with Crippen molar-refractivity contribution < 1.29 is 68.2 Å². The highest BCUT2D eigenvalue weighted by Crippen LogP contribution is 2.55. The highest BCUT2D eigenvalue weighted by atomic mass is 17.2. The number of ether oxygens (including phenoxy) is 6. The molecular formula is C32H39NO14. The first-order valence-corrected chi connectivity index (χ1v) is 15.7. The Hall–Kier alpha value is -3.86. The maximum Gasteiger partial charge on any atom is 0.317 e. The fourth-order valence-corrected chi connectivity index (χ4v) is 6.24. The van der Waals surface area contributed by atoms with Crippen LogP contribution in [0, 0.1) is 0 Å². The van der Waals surface area contributed by atoms with Gasteiger partial charge in [-0.05, 0) is 56.6 Å². The van der Waals surface area contributed by atoms with Gasteiger partial charge in [0.2, 0.25) is 6.79 Å². The summed E-state index contributed by atoms with van der Waals surface area (Å²) in [7, 11) is 1.93. The zero-order valence-electron chi connectivity index (χ0n) is 25.8. The molecule has 4 heterocycles. The van der Waals surface area contributed by atoms with Gasteiger partial charge in [-0.15, -0.1) is 0 Å². The van der Waals surface area contributed by atoms with Crippen LogP contribution in [-0.2, 0) is 30.4 Å². The summed E-state index contributed by atoms with van der Waals surface area (Å²) >= 11 is 0. The van der Waals surface area contributed by atoms with Crippen molar-refractivity contribution >= 4 is 11.9 Å². The average Bonchev–Trinajstić information content (AvgIpc) is 3.66. The van der Waals surface area contributed by atoms with Crippen LogP contribution >= 0.6 is 0 Å². The Morgan fingerprint density at radius 2 is 1.72 bits per heavy atom. The predicted molar refractivity (Wildman–Crippen MR) is 158 cm³/mol. The number of carbonyl (C=O) groups is 2. The fourth-order valence-electron chi connectivity index (χ4n) is 6.24. The fraction of sp³-hybridized carbons (Fsp3) is 0.562. The molecule has 0 unspecified atom stereocenters. The van der Waals surface area contributed by atoms with Gasteiger partial charge in [0.05, 0.1) is 12.5 Å². The first-order valence-electron chi connectivity index (χ1n) is 15.7. The van der Waals surface area contributed by atoms with E-state index < -0.39 is 61.8 Å². The lowest BCUT2D eigenvalue weighted by molar-refractivity contribution is -0.365. The molecule has 1 fully saturated rings. The summed E-state index contributed by atoms with van der Waals surface area (Å²) in [5, 5.41) is 43.7. The summed E-state index contributed by atoms with van der Waals surface area (Å²) in [6.07, 6.45) is -4.55. The van der Waals surface area contributed by atoms with E-state index in [0.717, 1.165) is 48.9 Å². The van der Waals surface area contributed by atoms with Gasteiger partial charge in [-0.3, -0.25) is 9.59 Å². The van der Waals surface area contributed by atoms with E-state index in [1.165, 1.54) is 0 Å². The third-order valence-corrected chi connectivity index (χ3v) is 8.65. The molecule has 2 aromatic rings. The van der Waals surface area contributed by atoms with E-state index in [9.17, 15) is 24.9 Å². The zero-order valence-corrected chi connectivity index (χ0v) is 25.8. The third-order valence-electron chi connectivity index (χ3n) is 8.65. The van der Waals surface area contributed by atoms with E-state index in [-0.39, 0.29) is 18.5 Å². The molecule has 0 amide bonds. The van der Waals surface area contributed by atoms with Crippen LogP contribution in [0.15, 0.2) is 24.3 Å². The Morgan fingerprint density at radius 1 is 0.936 bits per heavy atom. The number of rotatable bonds is 14. The first kappa shape index (κ1) is 33.1. The van der Waals surface area contributed by atoms with Crippen molar-refractivity contribution in [3.05, 3.63) is 41.0 Å². The molecule has 0 radical (unpaired) electrons. The quantitative estimate of drug-likeness (QED) is 0.0640. The molecule has 0 aliphatic carbocycles. The lowest BCUT2D eigenvalue weighted by Crippen LogP contribution is -2.59. The largest absolute Gasteiger partial charge is 0.492 e. The Labute approximate surface area is 270 Å². The van der Waals surface area contributed by atoms with Crippen LogP contribution in [0.2, 0.25) is 0 Å². The smallest absolute Gasteiger partial charge is 0.317 e. The van der Waals surface area contributed by atoms with E-state index in [0.29, 0.717) is 36.0 Å². The van der Waals surface area contributed by atoms with E-state index in [1.807, 2.05) is 19.2 Å². The van der Waals surface area contributed by atoms with E-state index in [4.69, 9.17) is 43.3 Å². The van der Waals surface area contributed by atoms with Crippen molar-refractivity contribution in [1.29, 1.82) is 0 Å². The van der Waals surface area contributed by atoms with Crippen molar-refractivity contribution in [3.8, 4) is 28.7 Å². The van der Waals surface area contributed by atoms with Gasteiger partial charge in [-0.25, -0.2) is 0 Å². The monoisotopic (exact) mass is 661 g/mol. The molecule has 0 bridgehead atoms. The molecule has 1 saturated heterocycles.